The Kier molecular flexibility index (Phi) is 10.6. The summed E-state index contributed by atoms with van der Waals surface area (Å²) in [5.74, 6) is 0. The molecule has 0 aliphatic rings. The largest absolute Gasteiger partial charge is 0.329 e. The molecule has 0 bridgehead atoms. The second-order valence-electron chi connectivity index (χ2n) is 3.55. The summed E-state index contributed by atoms with van der Waals surface area (Å²) in [4.78, 5) is 0. The Morgan fingerprint density at radius 3 is 2.20 bits per heavy atom. The Morgan fingerprint density at radius 2 is 1.80 bits per heavy atom. The fourth-order valence-corrected chi connectivity index (χ4v) is 1.06. The van der Waals surface area contributed by atoms with Gasteiger partial charge in [0.15, 0.2) is 0 Å². The molecule has 0 aliphatic heterocycles. The molecule has 0 heterocycles. The van der Waals surface area contributed by atoms with Gasteiger partial charge in [-0.2, -0.15) is 0 Å². The van der Waals surface area contributed by atoms with Crippen LogP contribution >= 0.6 is 0 Å². The summed E-state index contributed by atoms with van der Waals surface area (Å²) < 4.78 is 0. The van der Waals surface area contributed by atoms with Gasteiger partial charge in [-0.1, -0.05) is 49.2 Å². The minimum Gasteiger partial charge on any atom is -0.329 e. The van der Waals surface area contributed by atoms with Crippen LogP contribution in [0.15, 0.2) is 30.3 Å². The van der Waals surface area contributed by atoms with Crippen LogP contribution in [0, 0.1) is 6.92 Å². The number of aryl methyl sites for hydroxylation is 1. The maximum Gasteiger partial charge on any atom is 0.00745 e. The van der Waals surface area contributed by atoms with E-state index < -0.39 is 0 Å². The normalized spacial score (nSPS) is 9.27. The lowest BCUT2D eigenvalue weighted by molar-refractivity contribution is 0.645. The summed E-state index contributed by atoms with van der Waals surface area (Å²) in [6, 6.07) is 10.3. The Morgan fingerprint density at radius 1 is 1.13 bits per heavy atom. The van der Waals surface area contributed by atoms with Gasteiger partial charge in [0, 0.05) is 13.1 Å². The molecule has 86 valence electrons. The van der Waals surface area contributed by atoms with Crippen molar-refractivity contribution < 1.29 is 0 Å². The lowest BCUT2D eigenvalue weighted by Crippen LogP contribution is -2.23. The summed E-state index contributed by atoms with van der Waals surface area (Å²) in [5.41, 5.74) is 6.57. The molecule has 0 amide bonds. The minimum atomic E-state index is 0.754. The first kappa shape index (κ1) is 14.1. The van der Waals surface area contributed by atoms with Crippen LogP contribution in [0.25, 0.3) is 0 Å². The minimum absolute atomic E-state index is 0.754. The molecule has 0 saturated carbocycles. The van der Waals surface area contributed by atoms with E-state index in [2.05, 4.69) is 31.3 Å². The number of rotatable bonds is 5. The van der Waals surface area contributed by atoms with Crippen LogP contribution in [0.2, 0.25) is 0 Å². The van der Waals surface area contributed by atoms with Crippen molar-refractivity contribution in [2.75, 3.05) is 19.6 Å². The summed E-state index contributed by atoms with van der Waals surface area (Å²) >= 11 is 0. The van der Waals surface area contributed by atoms with Gasteiger partial charge in [-0.15, -0.1) is 0 Å². The Hall–Kier alpha value is -0.860. The first-order valence-electron chi connectivity index (χ1n) is 5.73. The molecule has 0 aliphatic carbocycles. The van der Waals surface area contributed by atoms with Crippen molar-refractivity contribution in [3.63, 3.8) is 0 Å². The molecule has 0 atom stereocenters. The molecule has 1 rings (SSSR count). The van der Waals surface area contributed by atoms with Gasteiger partial charge in [0.2, 0.25) is 0 Å². The van der Waals surface area contributed by atoms with Gasteiger partial charge in [-0.3, -0.25) is 0 Å². The van der Waals surface area contributed by atoms with E-state index >= 15 is 0 Å². The fourth-order valence-electron chi connectivity index (χ4n) is 1.06. The van der Waals surface area contributed by atoms with Gasteiger partial charge in [-0.05, 0) is 19.9 Å². The van der Waals surface area contributed by atoms with Crippen molar-refractivity contribution >= 4 is 0 Å². The molecular formula is C13H24N2. The number of nitrogens with one attached hydrogen (secondary N) is 1. The van der Waals surface area contributed by atoms with Crippen LogP contribution < -0.4 is 11.1 Å². The zero-order valence-electron chi connectivity index (χ0n) is 10.00. The monoisotopic (exact) mass is 208 g/mol. The van der Waals surface area contributed by atoms with E-state index in [0.29, 0.717) is 0 Å². The molecule has 0 radical (unpaired) electrons. The molecule has 2 nitrogen and oxygen atoms in total. The van der Waals surface area contributed by atoms with Crippen LogP contribution in [0.3, 0.4) is 0 Å². The molecule has 0 aromatic heterocycles. The third-order valence-corrected chi connectivity index (χ3v) is 1.97. The average Bonchev–Trinajstić information content (AvgIpc) is 2.27. The highest BCUT2D eigenvalue weighted by atomic mass is 14.9. The van der Waals surface area contributed by atoms with E-state index in [9.17, 15) is 0 Å². The van der Waals surface area contributed by atoms with Crippen LogP contribution in [-0.4, -0.2) is 19.6 Å². The van der Waals surface area contributed by atoms with Crippen molar-refractivity contribution in [1.82, 2.24) is 5.32 Å². The highest BCUT2D eigenvalue weighted by Gasteiger charge is 1.80. The topological polar surface area (TPSA) is 38.0 Å². The zero-order valence-corrected chi connectivity index (χ0v) is 10.00. The van der Waals surface area contributed by atoms with Gasteiger partial charge >= 0.3 is 0 Å². The first-order valence-corrected chi connectivity index (χ1v) is 5.73. The van der Waals surface area contributed by atoms with E-state index in [4.69, 9.17) is 5.73 Å². The van der Waals surface area contributed by atoms with Gasteiger partial charge in [-0.25, -0.2) is 0 Å². The SMILES string of the molecule is CCCCNCCN.Cc1ccccc1. The zero-order chi connectivity index (χ0) is 11.4. The maximum absolute atomic E-state index is 5.25. The Labute approximate surface area is 93.9 Å². The molecule has 0 saturated heterocycles. The van der Waals surface area contributed by atoms with E-state index in [-0.39, 0.29) is 0 Å². The van der Waals surface area contributed by atoms with Crippen molar-refractivity contribution in [3.05, 3.63) is 35.9 Å². The second-order valence-corrected chi connectivity index (χ2v) is 3.55. The predicted octanol–water partition coefficient (Wildman–Crippen LogP) is 2.33. The summed E-state index contributed by atoms with van der Waals surface area (Å²) in [5, 5.41) is 3.21. The molecular weight excluding hydrogens is 184 g/mol. The molecule has 15 heavy (non-hydrogen) atoms. The maximum atomic E-state index is 5.25. The highest BCUT2D eigenvalue weighted by Crippen LogP contribution is 1.92. The highest BCUT2D eigenvalue weighted by molar-refractivity contribution is 5.11. The van der Waals surface area contributed by atoms with E-state index in [0.717, 1.165) is 19.6 Å². The van der Waals surface area contributed by atoms with Crippen LogP contribution in [0.4, 0.5) is 0 Å². The van der Waals surface area contributed by atoms with Gasteiger partial charge < -0.3 is 11.1 Å². The Balaban J connectivity index is 0.000000262. The van der Waals surface area contributed by atoms with Crippen molar-refractivity contribution in [1.29, 1.82) is 0 Å². The van der Waals surface area contributed by atoms with Crippen molar-refractivity contribution in [2.24, 2.45) is 5.73 Å². The molecule has 3 N–H and O–H groups in total. The first-order chi connectivity index (χ1) is 7.31. The van der Waals surface area contributed by atoms with E-state index in [1.165, 1.54) is 18.4 Å². The van der Waals surface area contributed by atoms with Gasteiger partial charge in [0.25, 0.3) is 0 Å². The predicted molar refractivity (Wildman–Crippen MR) is 68.0 cm³/mol. The lowest BCUT2D eigenvalue weighted by atomic mass is 10.2. The standard InChI is InChI=1S/C7H8.C6H16N2/c1-7-5-3-2-4-6-7;1-2-3-5-8-6-4-7/h2-6H,1H3;8H,2-7H2,1H3. The number of nitrogens with two attached hydrogens (primary N) is 1. The number of hydrogen-bond acceptors (Lipinski definition) is 2. The van der Waals surface area contributed by atoms with Crippen LogP contribution in [-0.2, 0) is 0 Å². The quantitative estimate of drug-likeness (QED) is 0.729. The summed E-state index contributed by atoms with van der Waals surface area (Å²) in [6.45, 7) is 7.10. The summed E-state index contributed by atoms with van der Waals surface area (Å²) in [7, 11) is 0. The van der Waals surface area contributed by atoms with Crippen molar-refractivity contribution in [2.45, 2.75) is 26.7 Å². The number of benzene rings is 1. The molecule has 1 aromatic carbocycles. The summed E-state index contributed by atoms with van der Waals surface area (Å²) in [6.07, 6.45) is 2.53. The van der Waals surface area contributed by atoms with E-state index in [1.807, 2.05) is 18.2 Å². The third kappa shape index (κ3) is 11.1. The fraction of sp³-hybridized carbons (Fsp3) is 0.538. The van der Waals surface area contributed by atoms with Crippen LogP contribution in [0.5, 0.6) is 0 Å². The van der Waals surface area contributed by atoms with Crippen molar-refractivity contribution in [3.8, 4) is 0 Å². The molecule has 0 spiro atoms. The van der Waals surface area contributed by atoms with Gasteiger partial charge in [0.05, 0.1) is 0 Å². The second kappa shape index (κ2) is 11.2. The lowest BCUT2D eigenvalue weighted by Gasteiger charge is -1.98. The van der Waals surface area contributed by atoms with Gasteiger partial charge in [0.1, 0.15) is 0 Å². The molecule has 1 aromatic rings. The Bertz CT molecular complexity index is 203. The van der Waals surface area contributed by atoms with Crippen LogP contribution in [0.1, 0.15) is 25.3 Å². The number of unbranched alkanes of at least 4 members (excludes halogenated alkanes) is 1. The molecule has 0 unspecified atom stereocenters. The smallest absolute Gasteiger partial charge is 0.00745 e. The van der Waals surface area contributed by atoms with E-state index in [1.54, 1.807) is 0 Å². The average molecular weight is 208 g/mol. The number of hydrogen-bond donors (Lipinski definition) is 2. The molecule has 0 fully saturated rings. The molecule has 2 heteroatoms. The third-order valence-electron chi connectivity index (χ3n) is 1.97.